The van der Waals surface area contributed by atoms with E-state index in [1.54, 1.807) is 20.1 Å². The van der Waals surface area contributed by atoms with Crippen LogP contribution < -0.4 is 19.5 Å². The lowest BCUT2D eigenvalue weighted by atomic mass is 9.67. The molecule has 290 valence electrons. The number of rotatable bonds is 10. The summed E-state index contributed by atoms with van der Waals surface area (Å²) in [5.74, 6) is 1.38. The zero-order valence-electron chi connectivity index (χ0n) is 34.1. The summed E-state index contributed by atoms with van der Waals surface area (Å²) in [6.45, 7) is 20.3. The van der Waals surface area contributed by atoms with Crippen LogP contribution in [0, 0.1) is 5.92 Å². The SMILES string of the molecule is CCC=NC1=NC(C)C2=C(N1)c1c(OC)c3c(c(CC=C(C)C)c1OC21C2CC(=O)C1(CC=C(C)C(=O)OC)OC2(C)C)OC(C)(CCC=C(C)C)C=C3. The summed E-state index contributed by atoms with van der Waals surface area (Å²) < 4.78 is 33.2. The fourth-order valence-electron chi connectivity index (χ4n) is 8.98. The second-order valence-corrected chi connectivity index (χ2v) is 16.4. The Hall–Kier alpha value is -4.44. The summed E-state index contributed by atoms with van der Waals surface area (Å²) in [5.41, 5.74) is 2.58. The Morgan fingerprint density at radius 3 is 2.43 bits per heavy atom. The molecule has 10 heteroatoms. The molecule has 1 saturated heterocycles. The van der Waals surface area contributed by atoms with Gasteiger partial charge >= 0.3 is 5.97 Å². The number of aliphatic imine (C=N–C) groups is 2. The summed E-state index contributed by atoms with van der Waals surface area (Å²) >= 11 is 0. The van der Waals surface area contributed by atoms with Crippen LogP contribution in [-0.4, -0.2) is 66.6 Å². The number of carbonyl (C=O) groups is 2. The van der Waals surface area contributed by atoms with Crippen molar-refractivity contribution in [1.82, 2.24) is 5.32 Å². The molecule has 6 rings (SSSR count). The van der Waals surface area contributed by atoms with E-state index in [1.165, 1.54) is 12.7 Å². The molecule has 1 aliphatic carbocycles. The third-order valence-electron chi connectivity index (χ3n) is 11.5. The number of ketones is 1. The number of carbonyl (C=O) groups excluding carboxylic acids is 2. The van der Waals surface area contributed by atoms with E-state index >= 15 is 0 Å². The third-order valence-corrected chi connectivity index (χ3v) is 11.5. The average molecular weight is 740 g/mol. The topological polar surface area (TPSA) is 117 Å². The van der Waals surface area contributed by atoms with Crippen LogP contribution in [0.3, 0.4) is 0 Å². The maximum absolute atomic E-state index is 14.6. The number of hydrogen-bond acceptors (Lipinski definition) is 10. The highest BCUT2D eigenvalue weighted by atomic mass is 16.6. The first-order chi connectivity index (χ1) is 25.5. The maximum atomic E-state index is 14.6. The average Bonchev–Trinajstić information content (AvgIpc) is 3.44. The van der Waals surface area contributed by atoms with Crippen molar-refractivity contribution in [2.24, 2.45) is 15.9 Å². The van der Waals surface area contributed by atoms with E-state index in [0.29, 0.717) is 35.2 Å². The van der Waals surface area contributed by atoms with Crippen LogP contribution in [0.15, 0.2) is 56.6 Å². The second-order valence-electron chi connectivity index (χ2n) is 16.4. The van der Waals surface area contributed by atoms with Gasteiger partial charge in [-0.05, 0) is 100 Å². The molecule has 2 bridgehead atoms. The van der Waals surface area contributed by atoms with Crippen LogP contribution >= 0.6 is 0 Å². The van der Waals surface area contributed by atoms with E-state index in [-0.39, 0.29) is 18.6 Å². The molecule has 0 aromatic heterocycles. The smallest absolute Gasteiger partial charge is 0.333 e. The Labute approximate surface area is 320 Å². The predicted molar refractivity (Wildman–Crippen MR) is 213 cm³/mol. The molecule has 1 aromatic rings. The van der Waals surface area contributed by atoms with Gasteiger partial charge in [0, 0.05) is 41.7 Å². The zero-order chi connectivity index (χ0) is 39.4. The molecule has 54 heavy (non-hydrogen) atoms. The van der Waals surface area contributed by atoms with Gasteiger partial charge in [-0.15, -0.1) is 0 Å². The highest BCUT2D eigenvalue weighted by molar-refractivity contribution is 6.03. The van der Waals surface area contributed by atoms with Crippen LogP contribution in [0.2, 0.25) is 0 Å². The van der Waals surface area contributed by atoms with Crippen LogP contribution in [0.5, 0.6) is 17.2 Å². The lowest BCUT2D eigenvalue weighted by Gasteiger charge is -2.49. The first-order valence-electron chi connectivity index (χ1n) is 19.2. The van der Waals surface area contributed by atoms with E-state index < -0.39 is 40.3 Å². The molecule has 2 fully saturated rings. The lowest BCUT2D eigenvalue weighted by Crippen LogP contribution is -2.62. The van der Waals surface area contributed by atoms with Gasteiger partial charge in [0.05, 0.1) is 42.7 Å². The molecule has 1 aromatic carbocycles. The number of hydrogen-bond donors (Lipinski definition) is 1. The molecular formula is C44H57N3O7. The Morgan fingerprint density at radius 2 is 1.78 bits per heavy atom. The minimum Gasteiger partial charge on any atom is -0.495 e. The van der Waals surface area contributed by atoms with Gasteiger partial charge in [-0.25, -0.2) is 14.8 Å². The summed E-state index contributed by atoms with van der Waals surface area (Å²) in [5, 5.41) is 3.61. The van der Waals surface area contributed by atoms with Crippen molar-refractivity contribution in [3.05, 3.63) is 63.3 Å². The van der Waals surface area contributed by atoms with Crippen molar-refractivity contribution < 1.29 is 33.3 Å². The minimum atomic E-state index is -1.49. The highest BCUT2D eigenvalue weighted by Crippen LogP contribution is 2.68. The molecular weight excluding hydrogens is 682 g/mol. The van der Waals surface area contributed by atoms with Crippen LogP contribution in [0.4, 0.5) is 0 Å². The number of methoxy groups -OCH3 is 2. The van der Waals surface area contributed by atoms with Gasteiger partial charge in [0.2, 0.25) is 5.96 Å². The fraction of sp³-hybridized carbons (Fsp3) is 0.545. The van der Waals surface area contributed by atoms with Crippen molar-refractivity contribution >= 4 is 35.7 Å². The van der Waals surface area contributed by atoms with E-state index in [2.05, 4.69) is 64.2 Å². The Bertz CT molecular complexity index is 1970. The molecule has 10 nitrogen and oxygen atoms in total. The van der Waals surface area contributed by atoms with Crippen molar-refractivity contribution in [1.29, 1.82) is 0 Å². The molecule has 0 amide bonds. The van der Waals surface area contributed by atoms with E-state index in [9.17, 15) is 9.59 Å². The van der Waals surface area contributed by atoms with Crippen molar-refractivity contribution in [3.63, 3.8) is 0 Å². The van der Waals surface area contributed by atoms with Gasteiger partial charge < -0.3 is 29.0 Å². The number of ether oxygens (including phenoxy) is 5. The second kappa shape index (κ2) is 14.3. The number of Topliss-reactive ketones (excluding diaryl/α,β-unsaturated/α-hetero) is 1. The third kappa shape index (κ3) is 6.24. The number of esters is 1. The van der Waals surface area contributed by atoms with Crippen molar-refractivity contribution in [2.45, 2.75) is 136 Å². The molecule has 1 spiro atoms. The fourth-order valence-corrected chi connectivity index (χ4v) is 8.98. The quantitative estimate of drug-likeness (QED) is 0.110. The predicted octanol–water partition coefficient (Wildman–Crippen LogP) is 8.43. The monoisotopic (exact) mass is 739 g/mol. The highest BCUT2D eigenvalue weighted by Gasteiger charge is 2.80. The molecule has 5 unspecified atom stereocenters. The molecule has 0 radical (unpaired) electrons. The molecule has 4 heterocycles. The molecule has 5 atom stereocenters. The first kappa shape index (κ1) is 39.3. The number of guanidine groups is 1. The lowest BCUT2D eigenvalue weighted by molar-refractivity contribution is -0.167. The Morgan fingerprint density at radius 1 is 1.06 bits per heavy atom. The molecule has 4 aliphatic heterocycles. The Kier molecular flexibility index (Phi) is 10.4. The first-order valence-corrected chi connectivity index (χ1v) is 19.2. The van der Waals surface area contributed by atoms with Crippen LogP contribution in [0.1, 0.15) is 118 Å². The van der Waals surface area contributed by atoms with Gasteiger partial charge in [-0.3, -0.25) is 4.79 Å². The maximum Gasteiger partial charge on any atom is 0.333 e. The summed E-state index contributed by atoms with van der Waals surface area (Å²) in [4.78, 5) is 37.0. The van der Waals surface area contributed by atoms with E-state index in [1.807, 2.05) is 33.9 Å². The van der Waals surface area contributed by atoms with E-state index in [4.69, 9.17) is 33.7 Å². The zero-order valence-corrected chi connectivity index (χ0v) is 34.1. The van der Waals surface area contributed by atoms with Gasteiger partial charge in [0.15, 0.2) is 17.0 Å². The van der Waals surface area contributed by atoms with Crippen molar-refractivity contribution in [2.75, 3.05) is 14.2 Å². The minimum absolute atomic E-state index is 0.0798. The van der Waals surface area contributed by atoms with Crippen molar-refractivity contribution in [3.8, 4) is 17.2 Å². The van der Waals surface area contributed by atoms with Crippen LogP contribution in [-0.2, 0) is 25.5 Å². The van der Waals surface area contributed by atoms with E-state index in [0.717, 1.165) is 52.8 Å². The van der Waals surface area contributed by atoms with Crippen LogP contribution in [0.25, 0.3) is 11.8 Å². The summed E-state index contributed by atoms with van der Waals surface area (Å²) in [6.07, 6.45) is 15.4. The standard InChI is InChI=1S/C44H57N3O7/c1-13-23-45-40-46-28(7)34-35(47-40)33-37(50-11)30-19-21-42(10,20-14-15-25(2)3)52-36(30)29(17-16-26(4)5)38(33)53-44(34)31-24-32(48)43(44,54-41(31,8)9)22-18-27(6)39(49)51-12/h15-16,18-19,21,23,28,31H,13-14,17,20,22,24H2,1-12H3,(H,46,47). The number of fused-ring (bicyclic) bond motifs is 3. The molecule has 1 saturated carbocycles. The summed E-state index contributed by atoms with van der Waals surface area (Å²) in [6, 6.07) is -0.457. The molecule has 5 aliphatic rings. The Balaban J connectivity index is 1.69. The number of benzene rings is 1. The normalized spacial score (nSPS) is 28.8. The summed E-state index contributed by atoms with van der Waals surface area (Å²) in [7, 11) is 3.02. The van der Waals surface area contributed by atoms with Gasteiger partial charge in [-0.1, -0.05) is 36.3 Å². The van der Waals surface area contributed by atoms with Gasteiger partial charge in [-0.2, -0.15) is 0 Å². The molecule has 1 N–H and O–H groups in total. The van der Waals surface area contributed by atoms with Gasteiger partial charge in [0.25, 0.3) is 0 Å². The van der Waals surface area contributed by atoms with Gasteiger partial charge in [0.1, 0.15) is 22.8 Å². The number of nitrogens with one attached hydrogen (secondary N) is 1. The number of nitrogens with zero attached hydrogens (tertiary/aromatic N) is 2. The number of allylic oxidation sites excluding steroid dienone is 4. The largest absolute Gasteiger partial charge is 0.495 e.